The number of carboxylic acids is 1. The molecule has 92 valence electrons. The molecule has 1 unspecified atom stereocenters. The van der Waals surface area contributed by atoms with Crippen LogP contribution in [0.2, 0.25) is 0 Å². The molecule has 0 aliphatic heterocycles. The highest BCUT2D eigenvalue weighted by molar-refractivity contribution is 5.82. The average Bonchev–Trinajstić information content (AvgIpc) is 2.34. The fourth-order valence-electron chi connectivity index (χ4n) is 1.33. The van der Waals surface area contributed by atoms with E-state index in [1.165, 1.54) is 0 Å². The van der Waals surface area contributed by atoms with E-state index in [0.717, 1.165) is 5.56 Å². The molecule has 4 N–H and O–H groups in total. The minimum absolute atomic E-state index is 0.0973. The molecule has 1 amide bonds. The Morgan fingerprint density at radius 3 is 2.53 bits per heavy atom. The summed E-state index contributed by atoms with van der Waals surface area (Å²) in [5, 5.41) is 11.1. The van der Waals surface area contributed by atoms with Gasteiger partial charge in [0, 0.05) is 13.0 Å². The number of amides is 1. The molecule has 0 heterocycles. The summed E-state index contributed by atoms with van der Waals surface area (Å²) in [5.41, 5.74) is 6.53. The van der Waals surface area contributed by atoms with Gasteiger partial charge < -0.3 is 16.2 Å². The largest absolute Gasteiger partial charge is 0.481 e. The number of benzene rings is 1. The van der Waals surface area contributed by atoms with Crippen molar-refractivity contribution in [3.8, 4) is 0 Å². The van der Waals surface area contributed by atoms with Gasteiger partial charge in [-0.2, -0.15) is 0 Å². The van der Waals surface area contributed by atoms with Crippen molar-refractivity contribution in [2.75, 3.05) is 0 Å². The maximum atomic E-state index is 11.5. The molecular formula is C12H16N2O3. The first kappa shape index (κ1) is 13.2. The molecule has 5 heteroatoms. The van der Waals surface area contributed by atoms with Gasteiger partial charge in [-0.05, 0) is 12.0 Å². The molecule has 1 aromatic rings. The lowest BCUT2D eigenvalue weighted by Gasteiger charge is -2.11. The van der Waals surface area contributed by atoms with E-state index in [0.29, 0.717) is 6.54 Å². The summed E-state index contributed by atoms with van der Waals surface area (Å²) >= 11 is 0. The molecule has 17 heavy (non-hydrogen) atoms. The maximum Gasteiger partial charge on any atom is 0.303 e. The Morgan fingerprint density at radius 2 is 1.94 bits per heavy atom. The predicted molar refractivity (Wildman–Crippen MR) is 63.1 cm³/mol. The predicted octanol–water partition coefficient (Wildman–Crippen LogP) is 0.495. The second kappa shape index (κ2) is 6.65. The lowest BCUT2D eigenvalue weighted by Crippen LogP contribution is -2.40. The summed E-state index contributed by atoms with van der Waals surface area (Å²) in [6.45, 7) is 0.403. The van der Waals surface area contributed by atoms with Crippen molar-refractivity contribution in [1.82, 2.24) is 5.32 Å². The van der Waals surface area contributed by atoms with Crippen LogP contribution in [-0.2, 0) is 16.1 Å². The van der Waals surface area contributed by atoms with Crippen LogP contribution in [0.15, 0.2) is 30.3 Å². The van der Waals surface area contributed by atoms with Gasteiger partial charge in [0.25, 0.3) is 0 Å². The zero-order chi connectivity index (χ0) is 12.7. The van der Waals surface area contributed by atoms with Crippen molar-refractivity contribution >= 4 is 11.9 Å². The van der Waals surface area contributed by atoms with Crippen molar-refractivity contribution in [2.45, 2.75) is 25.4 Å². The maximum absolute atomic E-state index is 11.5. The molecule has 0 saturated carbocycles. The van der Waals surface area contributed by atoms with Crippen LogP contribution >= 0.6 is 0 Å². The Balaban J connectivity index is 2.32. The van der Waals surface area contributed by atoms with E-state index >= 15 is 0 Å². The van der Waals surface area contributed by atoms with E-state index in [4.69, 9.17) is 10.8 Å². The van der Waals surface area contributed by atoms with Crippen molar-refractivity contribution in [1.29, 1.82) is 0 Å². The molecule has 1 atom stereocenters. The van der Waals surface area contributed by atoms with Gasteiger partial charge in [-0.15, -0.1) is 0 Å². The highest BCUT2D eigenvalue weighted by atomic mass is 16.4. The standard InChI is InChI=1S/C12H16N2O3/c13-10(6-7-11(15)16)12(17)14-8-9-4-2-1-3-5-9/h1-5,10H,6-8,13H2,(H,14,17)(H,15,16). The minimum atomic E-state index is -0.948. The van der Waals surface area contributed by atoms with E-state index < -0.39 is 12.0 Å². The van der Waals surface area contributed by atoms with Crippen LogP contribution in [0.5, 0.6) is 0 Å². The molecule has 0 aliphatic carbocycles. The van der Waals surface area contributed by atoms with E-state index in [9.17, 15) is 9.59 Å². The first-order chi connectivity index (χ1) is 8.09. The van der Waals surface area contributed by atoms with Crippen LogP contribution in [0.1, 0.15) is 18.4 Å². The molecule has 0 bridgehead atoms. The highest BCUT2D eigenvalue weighted by Crippen LogP contribution is 1.99. The topological polar surface area (TPSA) is 92.4 Å². The van der Waals surface area contributed by atoms with Gasteiger partial charge >= 0.3 is 5.97 Å². The van der Waals surface area contributed by atoms with Gasteiger partial charge in [0.05, 0.1) is 6.04 Å². The normalized spacial score (nSPS) is 11.8. The molecular weight excluding hydrogens is 220 g/mol. The first-order valence-corrected chi connectivity index (χ1v) is 5.38. The third kappa shape index (κ3) is 5.12. The zero-order valence-electron chi connectivity index (χ0n) is 9.43. The second-order valence-corrected chi connectivity index (χ2v) is 3.74. The molecule has 1 rings (SSSR count). The molecule has 0 spiro atoms. The lowest BCUT2D eigenvalue weighted by molar-refractivity contribution is -0.137. The SMILES string of the molecule is NC(CCC(=O)O)C(=O)NCc1ccccc1. The van der Waals surface area contributed by atoms with Gasteiger partial charge in [-0.25, -0.2) is 0 Å². The van der Waals surface area contributed by atoms with Crippen molar-refractivity contribution in [3.05, 3.63) is 35.9 Å². The first-order valence-electron chi connectivity index (χ1n) is 5.38. The van der Waals surface area contributed by atoms with Crippen LogP contribution in [0.4, 0.5) is 0 Å². The monoisotopic (exact) mass is 236 g/mol. The Labute approximate surface area is 99.6 Å². The van der Waals surface area contributed by atoms with Gasteiger partial charge in [0.1, 0.15) is 0 Å². The number of carbonyl (C=O) groups excluding carboxylic acids is 1. The Hall–Kier alpha value is -1.88. The molecule has 0 fully saturated rings. The van der Waals surface area contributed by atoms with Crippen LogP contribution < -0.4 is 11.1 Å². The summed E-state index contributed by atoms with van der Waals surface area (Å²) < 4.78 is 0. The Morgan fingerprint density at radius 1 is 1.29 bits per heavy atom. The van der Waals surface area contributed by atoms with Crippen molar-refractivity contribution in [3.63, 3.8) is 0 Å². The highest BCUT2D eigenvalue weighted by Gasteiger charge is 2.14. The minimum Gasteiger partial charge on any atom is -0.481 e. The molecule has 5 nitrogen and oxygen atoms in total. The Kier molecular flexibility index (Phi) is 5.16. The molecule has 1 aromatic carbocycles. The smallest absolute Gasteiger partial charge is 0.303 e. The Bertz CT molecular complexity index is 379. The summed E-state index contributed by atoms with van der Waals surface area (Å²) in [7, 11) is 0. The number of aliphatic carboxylic acids is 1. The summed E-state index contributed by atoms with van der Waals surface area (Å²) in [6.07, 6.45) is 0.0515. The number of hydrogen-bond acceptors (Lipinski definition) is 3. The van der Waals surface area contributed by atoms with Gasteiger partial charge in [-0.1, -0.05) is 30.3 Å². The number of nitrogens with one attached hydrogen (secondary N) is 1. The number of rotatable bonds is 6. The number of carboxylic acid groups (broad SMARTS) is 1. The average molecular weight is 236 g/mol. The number of hydrogen-bond donors (Lipinski definition) is 3. The summed E-state index contributed by atoms with van der Waals surface area (Å²) in [6, 6.07) is 8.67. The van der Waals surface area contributed by atoms with E-state index in [-0.39, 0.29) is 18.7 Å². The third-order valence-electron chi connectivity index (χ3n) is 2.32. The van der Waals surface area contributed by atoms with E-state index in [2.05, 4.69) is 5.32 Å². The van der Waals surface area contributed by atoms with Crippen LogP contribution in [-0.4, -0.2) is 23.0 Å². The van der Waals surface area contributed by atoms with Gasteiger partial charge in [0.2, 0.25) is 5.91 Å². The summed E-state index contributed by atoms with van der Waals surface area (Å²) in [5.74, 6) is -1.27. The van der Waals surface area contributed by atoms with Gasteiger partial charge in [0.15, 0.2) is 0 Å². The van der Waals surface area contributed by atoms with Crippen LogP contribution in [0, 0.1) is 0 Å². The second-order valence-electron chi connectivity index (χ2n) is 3.74. The molecule has 0 saturated heterocycles. The molecule has 0 radical (unpaired) electrons. The van der Waals surface area contributed by atoms with Crippen molar-refractivity contribution < 1.29 is 14.7 Å². The fraction of sp³-hybridized carbons (Fsp3) is 0.333. The quantitative estimate of drug-likeness (QED) is 0.670. The summed E-state index contributed by atoms with van der Waals surface area (Å²) in [4.78, 5) is 21.8. The van der Waals surface area contributed by atoms with Gasteiger partial charge in [-0.3, -0.25) is 9.59 Å². The van der Waals surface area contributed by atoms with Crippen LogP contribution in [0.25, 0.3) is 0 Å². The number of carbonyl (C=O) groups is 2. The third-order valence-corrected chi connectivity index (χ3v) is 2.32. The fourth-order valence-corrected chi connectivity index (χ4v) is 1.33. The van der Waals surface area contributed by atoms with E-state index in [1.807, 2.05) is 30.3 Å². The van der Waals surface area contributed by atoms with E-state index in [1.54, 1.807) is 0 Å². The van der Waals surface area contributed by atoms with Crippen molar-refractivity contribution in [2.24, 2.45) is 5.73 Å². The van der Waals surface area contributed by atoms with Crippen LogP contribution in [0.3, 0.4) is 0 Å². The molecule has 0 aliphatic rings. The zero-order valence-corrected chi connectivity index (χ0v) is 9.43. The number of nitrogens with two attached hydrogens (primary N) is 1. The molecule has 0 aromatic heterocycles. The lowest BCUT2D eigenvalue weighted by atomic mass is 10.1.